The maximum absolute atomic E-state index is 12.9. The van der Waals surface area contributed by atoms with Gasteiger partial charge in [0.05, 0.1) is 40.5 Å². The van der Waals surface area contributed by atoms with Crippen LogP contribution in [0.15, 0.2) is 66.7 Å². The third-order valence-corrected chi connectivity index (χ3v) is 5.99. The smallest absolute Gasteiger partial charge is 0.337 e. The van der Waals surface area contributed by atoms with E-state index < -0.39 is 11.9 Å². The van der Waals surface area contributed by atoms with Crippen LogP contribution in [0.2, 0.25) is 0 Å². The molecule has 4 rings (SSSR count). The molecule has 186 valence electrons. The number of rotatable bonds is 6. The van der Waals surface area contributed by atoms with Crippen molar-refractivity contribution in [3.8, 4) is 6.07 Å². The Labute approximate surface area is 213 Å². The Kier molecular flexibility index (Phi) is 6.81. The van der Waals surface area contributed by atoms with Crippen molar-refractivity contribution in [2.24, 2.45) is 0 Å². The number of aromatic carboxylic acids is 1. The fourth-order valence-electron chi connectivity index (χ4n) is 3.97. The van der Waals surface area contributed by atoms with E-state index in [9.17, 15) is 19.5 Å². The highest BCUT2D eigenvalue weighted by molar-refractivity contribution is 6.10. The van der Waals surface area contributed by atoms with Crippen molar-refractivity contribution in [1.82, 2.24) is 4.98 Å². The number of nitriles is 1. The summed E-state index contributed by atoms with van der Waals surface area (Å²) < 4.78 is 0. The molecule has 3 aromatic carbocycles. The first kappa shape index (κ1) is 25.2. The lowest BCUT2D eigenvalue weighted by Gasteiger charge is -2.19. The summed E-state index contributed by atoms with van der Waals surface area (Å²) in [5.74, 6) is -2.01. The second-order valence-corrected chi connectivity index (χ2v) is 9.76. The number of aromatic nitrogens is 1. The standard InChI is InChI=1S/C29H26N4O4/c1-29(2,3)20-10-7-17(8-11-20)14-25(34)31-23-6-4-5-19-15-24(32-26(19)23)27(35)33-22-12-9-18(16-30)13-21(22)28(36)37/h4-13,15,32H,14H2,1-3H3,(H,31,34)(H,33,35)(H,36,37). The van der Waals surface area contributed by atoms with Gasteiger partial charge < -0.3 is 20.7 Å². The summed E-state index contributed by atoms with van der Waals surface area (Å²) in [5, 5.41) is 24.7. The second kappa shape index (κ2) is 9.99. The van der Waals surface area contributed by atoms with E-state index in [4.69, 9.17) is 5.26 Å². The van der Waals surface area contributed by atoms with Crippen LogP contribution in [0.1, 0.15) is 58.3 Å². The molecule has 8 nitrogen and oxygen atoms in total. The number of anilines is 2. The fourth-order valence-corrected chi connectivity index (χ4v) is 3.97. The van der Waals surface area contributed by atoms with E-state index in [1.807, 2.05) is 30.3 Å². The third-order valence-electron chi connectivity index (χ3n) is 5.99. The van der Waals surface area contributed by atoms with Gasteiger partial charge in [-0.1, -0.05) is 57.2 Å². The van der Waals surface area contributed by atoms with Gasteiger partial charge in [-0.2, -0.15) is 5.26 Å². The van der Waals surface area contributed by atoms with Gasteiger partial charge in [0.25, 0.3) is 5.91 Å². The van der Waals surface area contributed by atoms with Crippen LogP contribution < -0.4 is 10.6 Å². The number of hydrogen-bond donors (Lipinski definition) is 4. The Hall–Kier alpha value is -4.90. The zero-order chi connectivity index (χ0) is 26.7. The van der Waals surface area contributed by atoms with Gasteiger partial charge in [-0.05, 0) is 46.9 Å². The van der Waals surface area contributed by atoms with Crippen LogP contribution in [0.5, 0.6) is 0 Å². The molecule has 0 aliphatic carbocycles. The molecule has 0 spiro atoms. The molecule has 0 aliphatic heterocycles. The molecule has 8 heteroatoms. The third kappa shape index (κ3) is 5.68. The molecule has 0 unspecified atom stereocenters. The molecule has 4 aromatic rings. The normalized spacial score (nSPS) is 11.1. The molecule has 1 heterocycles. The number of benzene rings is 3. The SMILES string of the molecule is CC(C)(C)c1ccc(CC(=O)Nc2cccc3cc(C(=O)Nc4ccc(C#N)cc4C(=O)O)[nH]c23)cc1. The maximum Gasteiger partial charge on any atom is 0.337 e. The first-order valence-electron chi connectivity index (χ1n) is 11.6. The molecule has 0 atom stereocenters. The van der Waals surface area contributed by atoms with Gasteiger partial charge in [0, 0.05) is 5.39 Å². The largest absolute Gasteiger partial charge is 0.478 e. The Morgan fingerprint density at radius 2 is 1.68 bits per heavy atom. The molecule has 0 bridgehead atoms. The molecule has 4 N–H and O–H groups in total. The summed E-state index contributed by atoms with van der Waals surface area (Å²) in [4.78, 5) is 40.3. The minimum absolute atomic E-state index is 0.0311. The molecule has 37 heavy (non-hydrogen) atoms. The van der Waals surface area contributed by atoms with Gasteiger partial charge in [0.15, 0.2) is 0 Å². The lowest BCUT2D eigenvalue weighted by molar-refractivity contribution is -0.115. The van der Waals surface area contributed by atoms with E-state index in [0.717, 1.165) is 5.56 Å². The number of hydrogen-bond acceptors (Lipinski definition) is 4. The van der Waals surface area contributed by atoms with Crippen molar-refractivity contribution in [2.45, 2.75) is 32.6 Å². The number of carbonyl (C=O) groups is 3. The van der Waals surface area contributed by atoms with Crippen LogP contribution in [0, 0.1) is 11.3 Å². The minimum atomic E-state index is -1.26. The molecule has 0 saturated heterocycles. The van der Waals surface area contributed by atoms with E-state index in [0.29, 0.717) is 16.6 Å². The number of nitrogens with one attached hydrogen (secondary N) is 3. The molecule has 0 aliphatic rings. The Balaban J connectivity index is 1.52. The molecule has 0 radical (unpaired) electrons. The van der Waals surface area contributed by atoms with Crippen LogP contribution in [0.3, 0.4) is 0 Å². The summed E-state index contributed by atoms with van der Waals surface area (Å²) in [6.07, 6.45) is 0.200. The highest BCUT2D eigenvalue weighted by Gasteiger charge is 2.18. The maximum atomic E-state index is 12.9. The quantitative estimate of drug-likeness (QED) is 0.282. The van der Waals surface area contributed by atoms with E-state index in [1.165, 1.54) is 23.8 Å². The summed E-state index contributed by atoms with van der Waals surface area (Å²) in [6, 6.07) is 20.8. The summed E-state index contributed by atoms with van der Waals surface area (Å²) in [6.45, 7) is 6.40. The molecule has 0 fully saturated rings. The molecular weight excluding hydrogens is 468 g/mol. The topological polar surface area (TPSA) is 135 Å². The highest BCUT2D eigenvalue weighted by Crippen LogP contribution is 2.26. The first-order chi connectivity index (χ1) is 17.5. The zero-order valence-electron chi connectivity index (χ0n) is 20.7. The Bertz CT molecular complexity index is 1550. The molecule has 1 aromatic heterocycles. The van der Waals surface area contributed by atoms with Gasteiger partial charge in [0.2, 0.25) is 5.91 Å². The van der Waals surface area contributed by atoms with E-state index in [1.54, 1.807) is 24.3 Å². The van der Waals surface area contributed by atoms with Crippen molar-refractivity contribution in [1.29, 1.82) is 5.26 Å². The lowest BCUT2D eigenvalue weighted by Crippen LogP contribution is -2.16. The number of nitrogens with zero attached hydrogens (tertiary/aromatic N) is 1. The summed E-state index contributed by atoms with van der Waals surface area (Å²) in [5.41, 5.74) is 3.45. The monoisotopic (exact) mass is 494 g/mol. The van der Waals surface area contributed by atoms with E-state index in [2.05, 4.69) is 36.4 Å². The van der Waals surface area contributed by atoms with Gasteiger partial charge in [-0.3, -0.25) is 9.59 Å². The second-order valence-electron chi connectivity index (χ2n) is 9.76. The number of fused-ring (bicyclic) bond motifs is 1. The number of carboxylic acid groups (broad SMARTS) is 1. The average Bonchev–Trinajstić information content (AvgIpc) is 3.29. The van der Waals surface area contributed by atoms with Crippen molar-refractivity contribution in [3.05, 3.63) is 94.7 Å². The summed E-state index contributed by atoms with van der Waals surface area (Å²) >= 11 is 0. The highest BCUT2D eigenvalue weighted by atomic mass is 16.4. The molecule has 2 amide bonds. The predicted octanol–water partition coefficient (Wildman–Crippen LogP) is 5.47. The number of amides is 2. The first-order valence-corrected chi connectivity index (χ1v) is 11.6. The van der Waals surface area contributed by atoms with E-state index in [-0.39, 0.29) is 40.3 Å². The van der Waals surface area contributed by atoms with Crippen LogP contribution in [-0.2, 0) is 16.6 Å². The van der Waals surface area contributed by atoms with Crippen molar-refractivity contribution < 1.29 is 19.5 Å². The van der Waals surface area contributed by atoms with E-state index >= 15 is 0 Å². The van der Waals surface area contributed by atoms with Gasteiger partial charge >= 0.3 is 5.97 Å². The Morgan fingerprint density at radius 3 is 2.32 bits per heavy atom. The van der Waals surface area contributed by atoms with Crippen LogP contribution in [0.4, 0.5) is 11.4 Å². The number of H-pyrrole nitrogens is 1. The average molecular weight is 495 g/mol. The van der Waals surface area contributed by atoms with Crippen molar-refractivity contribution in [3.63, 3.8) is 0 Å². The van der Waals surface area contributed by atoms with Crippen LogP contribution >= 0.6 is 0 Å². The van der Waals surface area contributed by atoms with Gasteiger partial charge in [0.1, 0.15) is 5.69 Å². The number of carboxylic acids is 1. The number of aromatic amines is 1. The van der Waals surface area contributed by atoms with Crippen molar-refractivity contribution in [2.75, 3.05) is 10.6 Å². The van der Waals surface area contributed by atoms with Crippen LogP contribution in [0.25, 0.3) is 10.9 Å². The van der Waals surface area contributed by atoms with Crippen LogP contribution in [-0.4, -0.2) is 27.9 Å². The zero-order valence-corrected chi connectivity index (χ0v) is 20.7. The lowest BCUT2D eigenvalue weighted by atomic mass is 9.86. The molecule has 0 saturated carbocycles. The fraction of sp³-hybridized carbons (Fsp3) is 0.172. The van der Waals surface area contributed by atoms with Gasteiger partial charge in [-0.15, -0.1) is 0 Å². The predicted molar refractivity (Wildman–Crippen MR) is 142 cm³/mol. The van der Waals surface area contributed by atoms with Crippen molar-refractivity contribution >= 4 is 40.1 Å². The number of para-hydroxylation sites is 1. The number of carbonyl (C=O) groups excluding carboxylic acids is 2. The summed E-state index contributed by atoms with van der Waals surface area (Å²) in [7, 11) is 0. The molecular formula is C29H26N4O4. The van der Waals surface area contributed by atoms with Gasteiger partial charge in [-0.25, -0.2) is 4.79 Å². The minimum Gasteiger partial charge on any atom is -0.478 e. The Morgan fingerprint density at radius 1 is 0.946 bits per heavy atom.